The molecule has 0 spiro atoms. The zero-order valence-electron chi connectivity index (χ0n) is 16.1. The third-order valence-corrected chi connectivity index (χ3v) is 6.00. The summed E-state index contributed by atoms with van der Waals surface area (Å²) < 4.78 is 11.0. The van der Waals surface area contributed by atoms with Crippen molar-refractivity contribution in [1.82, 2.24) is 14.3 Å². The second kappa shape index (κ2) is 7.81. The maximum atomic E-state index is 11.8. The molecule has 0 atom stereocenters. The molecule has 0 fully saturated rings. The van der Waals surface area contributed by atoms with Gasteiger partial charge in [0.05, 0.1) is 29.2 Å². The fourth-order valence-electron chi connectivity index (χ4n) is 3.58. The summed E-state index contributed by atoms with van der Waals surface area (Å²) in [7, 11) is 0. The molecule has 0 saturated carbocycles. The van der Waals surface area contributed by atoms with E-state index >= 15 is 0 Å². The molecule has 1 amide bonds. The van der Waals surface area contributed by atoms with Crippen LogP contribution in [0.3, 0.4) is 0 Å². The molecule has 8 heteroatoms. The van der Waals surface area contributed by atoms with Crippen LogP contribution in [0, 0.1) is 0 Å². The fraction of sp³-hybridized carbons (Fsp3) is 0.182. The number of nitrogens with one attached hydrogen (secondary N) is 1. The average Bonchev–Trinajstić information content (AvgIpc) is 3.22. The van der Waals surface area contributed by atoms with Crippen molar-refractivity contribution in [3.63, 3.8) is 0 Å². The van der Waals surface area contributed by atoms with Crippen molar-refractivity contribution in [2.45, 2.75) is 19.6 Å². The Labute approximate surface area is 177 Å². The molecule has 2 aromatic carbocycles. The summed E-state index contributed by atoms with van der Waals surface area (Å²) >= 11 is 1.24. The lowest BCUT2D eigenvalue weighted by molar-refractivity contribution is 0.100. The minimum Gasteiger partial charge on any atom is -0.376 e. The summed E-state index contributed by atoms with van der Waals surface area (Å²) in [4.78, 5) is 21.4. The van der Waals surface area contributed by atoms with E-state index in [0.717, 1.165) is 39.1 Å². The smallest absolute Gasteiger partial charge is 0.250 e. The third-order valence-electron chi connectivity index (χ3n) is 5.10. The number of carbonyl (C=O) groups excluding carboxylic acids is 1. The van der Waals surface area contributed by atoms with Crippen LogP contribution in [-0.2, 0) is 24.3 Å². The highest BCUT2D eigenvalue weighted by Gasteiger charge is 2.22. The first-order valence-corrected chi connectivity index (χ1v) is 10.4. The quantitative estimate of drug-likeness (QED) is 0.515. The molecule has 2 aromatic heterocycles. The summed E-state index contributed by atoms with van der Waals surface area (Å²) in [6.45, 7) is 1.76. The van der Waals surface area contributed by atoms with Crippen molar-refractivity contribution in [3.05, 3.63) is 70.9 Å². The van der Waals surface area contributed by atoms with Crippen molar-refractivity contribution in [2.24, 2.45) is 5.73 Å². The molecule has 1 aliphatic heterocycles. The van der Waals surface area contributed by atoms with E-state index in [0.29, 0.717) is 36.8 Å². The zero-order valence-corrected chi connectivity index (χ0v) is 16.9. The highest BCUT2D eigenvalue weighted by Crippen LogP contribution is 2.33. The molecule has 0 saturated heterocycles. The van der Waals surface area contributed by atoms with Crippen LogP contribution in [0.15, 0.2) is 48.5 Å². The molecule has 1 aliphatic rings. The Hall–Kier alpha value is -3.36. The number of carbonyl (C=O) groups is 1. The van der Waals surface area contributed by atoms with Crippen LogP contribution in [0.4, 0.5) is 5.82 Å². The van der Waals surface area contributed by atoms with E-state index in [9.17, 15) is 4.79 Å². The summed E-state index contributed by atoms with van der Waals surface area (Å²) in [6, 6.07) is 15.6. The summed E-state index contributed by atoms with van der Waals surface area (Å²) in [6.07, 6.45) is 0.722. The largest absolute Gasteiger partial charge is 0.376 e. The number of nitrogens with zero attached hydrogens (tertiary/aromatic N) is 3. The lowest BCUT2D eigenvalue weighted by Gasteiger charge is -2.20. The average molecular weight is 417 g/mol. The lowest BCUT2D eigenvalue weighted by atomic mass is 10.1. The van der Waals surface area contributed by atoms with Gasteiger partial charge in [-0.25, -0.2) is 9.97 Å². The summed E-state index contributed by atoms with van der Waals surface area (Å²) in [5.74, 6) is 0.828. The van der Waals surface area contributed by atoms with Crippen LogP contribution in [0.2, 0.25) is 0 Å². The monoisotopic (exact) mass is 417 g/mol. The van der Waals surface area contributed by atoms with Crippen molar-refractivity contribution in [2.75, 3.05) is 11.9 Å². The Morgan fingerprint density at radius 1 is 1.13 bits per heavy atom. The van der Waals surface area contributed by atoms with Gasteiger partial charge in [-0.1, -0.05) is 42.5 Å². The number of nitrogens with two attached hydrogens (primary N) is 1. The number of aromatic nitrogens is 3. The molecule has 0 bridgehead atoms. The number of amides is 1. The molecule has 0 unspecified atom stereocenters. The zero-order chi connectivity index (χ0) is 20.5. The molecular formula is C22H19N5O2S. The van der Waals surface area contributed by atoms with E-state index in [1.165, 1.54) is 11.5 Å². The molecule has 4 aromatic rings. The topological polar surface area (TPSA) is 103 Å². The van der Waals surface area contributed by atoms with Crippen LogP contribution >= 0.6 is 11.5 Å². The maximum absolute atomic E-state index is 11.8. The van der Waals surface area contributed by atoms with Gasteiger partial charge in [-0.05, 0) is 23.2 Å². The van der Waals surface area contributed by atoms with Crippen molar-refractivity contribution >= 4 is 33.3 Å². The van der Waals surface area contributed by atoms with Gasteiger partial charge in [0.2, 0.25) is 5.91 Å². The van der Waals surface area contributed by atoms with Crippen LogP contribution in [-0.4, -0.2) is 26.9 Å². The van der Waals surface area contributed by atoms with Gasteiger partial charge < -0.3 is 15.8 Å². The van der Waals surface area contributed by atoms with E-state index in [4.69, 9.17) is 20.4 Å². The number of anilines is 1. The van der Waals surface area contributed by atoms with Gasteiger partial charge in [-0.15, -0.1) is 0 Å². The highest BCUT2D eigenvalue weighted by molar-refractivity contribution is 7.14. The van der Waals surface area contributed by atoms with Gasteiger partial charge in [0.15, 0.2) is 5.82 Å². The first kappa shape index (κ1) is 18.7. The van der Waals surface area contributed by atoms with E-state index in [-0.39, 0.29) is 0 Å². The van der Waals surface area contributed by atoms with Gasteiger partial charge >= 0.3 is 0 Å². The van der Waals surface area contributed by atoms with Gasteiger partial charge in [0, 0.05) is 23.9 Å². The van der Waals surface area contributed by atoms with Crippen molar-refractivity contribution < 1.29 is 9.53 Å². The fourth-order valence-corrected chi connectivity index (χ4v) is 4.48. The first-order chi connectivity index (χ1) is 14.7. The van der Waals surface area contributed by atoms with Gasteiger partial charge in [-0.2, -0.15) is 4.37 Å². The van der Waals surface area contributed by atoms with Gasteiger partial charge in [0.25, 0.3) is 0 Å². The minimum absolute atomic E-state index is 0.463. The SMILES string of the molecule is NC(=O)c1cccc2c(-c3nc4c(c(NCc5ccccc5)n3)COCC4)nsc12. The Morgan fingerprint density at radius 3 is 2.83 bits per heavy atom. The van der Waals surface area contributed by atoms with Crippen LogP contribution in [0.5, 0.6) is 0 Å². The number of fused-ring (bicyclic) bond motifs is 2. The second-order valence-corrected chi connectivity index (χ2v) is 7.81. The molecular weight excluding hydrogens is 398 g/mol. The number of rotatable bonds is 5. The summed E-state index contributed by atoms with van der Waals surface area (Å²) in [5, 5.41) is 4.27. The Balaban J connectivity index is 1.58. The normalized spacial score (nSPS) is 13.2. The lowest BCUT2D eigenvalue weighted by Crippen LogP contribution is -2.17. The molecule has 7 nitrogen and oxygen atoms in total. The third kappa shape index (κ3) is 3.40. The Bertz CT molecular complexity index is 1240. The maximum Gasteiger partial charge on any atom is 0.250 e. The van der Waals surface area contributed by atoms with Crippen molar-refractivity contribution in [1.29, 1.82) is 0 Å². The molecule has 0 radical (unpaired) electrons. The molecule has 30 heavy (non-hydrogen) atoms. The number of ether oxygens (including phenoxy) is 1. The Morgan fingerprint density at radius 2 is 2.00 bits per heavy atom. The predicted octanol–water partition coefficient (Wildman–Crippen LogP) is 3.54. The first-order valence-electron chi connectivity index (χ1n) is 9.64. The predicted molar refractivity (Wildman–Crippen MR) is 116 cm³/mol. The molecule has 0 aliphatic carbocycles. The molecule has 150 valence electrons. The number of hydrogen-bond donors (Lipinski definition) is 2. The second-order valence-electron chi connectivity index (χ2n) is 7.04. The van der Waals surface area contributed by atoms with Crippen LogP contribution < -0.4 is 11.1 Å². The number of primary amides is 1. The minimum atomic E-state index is -0.468. The van der Waals surface area contributed by atoms with E-state index in [1.807, 2.05) is 24.3 Å². The van der Waals surface area contributed by atoms with Crippen molar-refractivity contribution in [3.8, 4) is 11.5 Å². The molecule has 3 heterocycles. The van der Waals surface area contributed by atoms with Gasteiger partial charge in [0.1, 0.15) is 11.5 Å². The van der Waals surface area contributed by atoms with E-state index < -0.39 is 5.91 Å². The van der Waals surface area contributed by atoms with Crippen LogP contribution in [0.1, 0.15) is 27.2 Å². The van der Waals surface area contributed by atoms with Gasteiger partial charge in [-0.3, -0.25) is 4.79 Å². The Kier molecular flexibility index (Phi) is 4.86. The van der Waals surface area contributed by atoms with E-state index in [1.54, 1.807) is 12.1 Å². The number of hydrogen-bond acceptors (Lipinski definition) is 7. The highest BCUT2D eigenvalue weighted by atomic mass is 32.1. The number of benzene rings is 2. The van der Waals surface area contributed by atoms with Crippen LogP contribution in [0.25, 0.3) is 21.6 Å². The molecule has 3 N–H and O–H groups in total. The van der Waals surface area contributed by atoms with E-state index in [2.05, 4.69) is 21.8 Å². The molecule has 5 rings (SSSR count). The summed E-state index contributed by atoms with van der Waals surface area (Å²) in [5.41, 5.74) is 9.76. The standard InChI is InChI=1S/C22H19N5O2S/c23-20(28)15-8-4-7-14-18(27-30-19(14)15)22-25-17-9-10-29-12-16(17)21(26-22)24-11-13-5-2-1-3-6-13/h1-8H,9-12H2,(H2,23,28)(H,24,25,26).